The van der Waals surface area contributed by atoms with Crippen LogP contribution in [-0.4, -0.2) is 25.3 Å². The Balaban J connectivity index is 1.66. The first kappa shape index (κ1) is 16.2. The van der Waals surface area contributed by atoms with E-state index in [2.05, 4.69) is 12.1 Å². The van der Waals surface area contributed by atoms with E-state index in [1.165, 1.54) is 5.56 Å². The van der Waals surface area contributed by atoms with Crippen LogP contribution in [0.15, 0.2) is 60.7 Å². The molecule has 1 fully saturated rings. The maximum atomic E-state index is 12.7. The van der Waals surface area contributed by atoms with Gasteiger partial charge in [-0.15, -0.1) is 0 Å². The second kappa shape index (κ2) is 7.28. The van der Waals surface area contributed by atoms with Gasteiger partial charge in [0.1, 0.15) is 0 Å². The van der Waals surface area contributed by atoms with Gasteiger partial charge in [0.25, 0.3) is 0 Å². The summed E-state index contributed by atoms with van der Waals surface area (Å²) >= 11 is 0. The van der Waals surface area contributed by atoms with E-state index in [0.717, 1.165) is 31.2 Å². The van der Waals surface area contributed by atoms with Gasteiger partial charge in [-0.1, -0.05) is 60.7 Å². The summed E-state index contributed by atoms with van der Waals surface area (Å²) in [7, 11) is -3.23. The van der Waals surface area contributed by atoms with Gasteiger partial charge in [-0.3, -0.25) is 0 Å². The molecule has 1 aliphatic heterocycles. The summed E-state index contributed by atoms with van der Waals surface area (Å²) in [5, 5.41) is 0. The van der Waals surface area contributed by atoms with Gasteiger partial charge in [-0.2, -0.15) is 4.31 Å². The van der Waals surface area contributed by atoms with Crippen LogP contribution >= 0.6 is 0 Å². The number of hydrogen-bond donors (Lipinski definition) is 0. The quantitative estimate of drug-likeness (QED) is 0.812. The summed E-state index contributed by atoms with van der Waals surface area (Å²) < 4.78 is 27.2. The van der Waals surface area contributed by atoms with Gasteiger partial charge < -0.3 is 0 Å². The minimum atomic E-state index is -3.23. The molecule has 0 aliphatic carbocycles. The van der Waals surface area contributed by atoms with Crippen molar-refractivity contribution in [1.29, 1.82) is 0 Å². The van der Waals surface area contributed by atoms with Crippen LogP contribution in [0.4, 0.5) is 0 Å². The number of rotatable bonds is 6. The highest BCUT2D eigenvalue weighted by molar-refractivity contribution is 7.88. The van der Waals surface area contributed by atoms with Gasteiger partial charge in [-0.25, -0.2) is 8.42 Å². The molecule has 1 heterocycles. The molecule has 122 valence electrons. The zero-order valence-corrected chi connectivity index (χ0v) is 14.1. The lowest BCUT2D eigenvalue weighted by Gasteiger charge is -2.24. The fraction of sp³-hybridized carbons (Fsp3) is 0.368. The van der Waals surface area contributed by atoms with Crippen molar-refractivity contribution in [3.05, 3.63) is 71.8 Å². The molecule has 23 heavy (non-hydrogen) atoms. The fourth-order valence-electron chi connectivity index (χ4n) is 3.31. The van der Waals surface area contributed by atoms with E-state index in [1.54, 1.807) is 4.31 Å². The van der Waals surface area contributed by atoms with Gasteiger partial charge in [0.05, 0.1) is 5.75 Å². The first-order valence-electron chi connectivity index (χ1n) is 8.22. The van der Waals surface area contributed by atoms with E-state index in [1.807, 2.05) is 48.5 Å². The third-order valence-corrected chi connectivity index (χ3v) is 6.37. The smallest absolute Gasteiger partial charge is 0.212 e. The van der Waals surface area contributed by atoms with Crippen LogP contribution in [0.2, 0.25) is 0 Å². The normalized spacial score (nSPS) is 19.0. The molecule has 4 heteroatoms. The molecule has 2 aromatic rings. The monoisotopic (exact) mass is 329 g/mol. The van der Waals surface area contributed by atoms with Crippen molar-refractivity contribution in [2.24, 2.45) is 0 Å². The van der Waals surface area contributed by atoms with Crippen molar-refractivity contribution < 1.29 is 8.42 Å². The second-order valence-corrected chi connectivity index (χ2v) is 8.09. The van der Waals surface area contributed by atoms with Crippen LogP contribution in [0.25, 0.3) is 0 Å². The van der Waals surface area contributed by atoms with E-state index in [4.69, 9.17) is 0 Å². The Kier molecular flexibility index (Phi) is 5.13. The van der Waals surface area contributed by atoms with E-state index >= 15 is 0 Å². The number of hydrogen-bond acceptors (Lipinski definition) is 2. The van der Waals surface area contributed by atoms with Gasteiger partial charge in [0.2, 0.25) is 10.0 Å². The molecule has 0 aromatic heterocycles. The van der Waals surface area contributed by atoms with E-state index in [-0.39, 0.29) is 11.8 Å². The van der Waals surface area contributed by atoms with Crippen molar-refractivity contribution in [2.75, 3.05) is 6.54 Å². The molecule has 1 saturated heterocycles. The van der Waals surface area contributed by atoms with Crippen molar-refractivity contribution in [1.82, 2.24) is 4.31 Å². The van der Waals surface area contributed by atoms with Gasteiger partial charge in [0, 0.05) is 12.6 Å². The summed E-state index contributed by atoms with van der Waals surface area (Å²) in [5.74, 6) is 0.107. The summed E-state index contributed by atoms with van der Waals surface area (Å²) in [6.45, 7) is 0.661. The Hall–Kier alpha value is -1.65. The minimum absolute atomic E-state index is 0.107. The Bertz CT molecular complexity index is 714. The highest BCUT2D eigenvalue weighted by Crippen LogP contribution is 2.26. The molecule has 0 bridgehead atoms. The molecular weight excluding hydrogens is 306 g/mol. The molecule has 0 saturated carbocycles. The lowest BCUT2D eigenvalue weighted by atomic mass is 10.0. The summed E-state index contributed by atoms with van der Waals surface area (Å²) in [6, 6.07) is 19.9. The number of aryl methyl sites for hydroxylation is 1. The molecule has 3 rings (SSSR count). The first-order chi connectivity index (χ1) is 11.1. The van der Waals surface area contributed by atoms with E-state index in [0.29, 0.717) is 6.54 Å². The molecule has 0 N–H and O–H groups in total. The third kappa shape index (κ3) is 4.21. The van der Waals surface area contributed by atoms with E-state index in [9.17, 15) is 8.42 Å². The molecule has 0 amide bonds. The van der Waals surface area contributed by atoms with Crippen LogP contribution in [0.3, 0.4) is 0 Å². The summed E-state index contributed by atoms with van der Waals surface area (Å²) in [4.78, 5) is 0. The Morgan fingerprint density at radius 1 is 0.913 bits per heavy atom. The SMILES string of the molecule is O=S(=O)(Cc1ccccc1)N1CCC[C@H]1CCc1ccccc1. The van der Waals surface area contributed by atoms with Crippen molar-refractivity contribution in [2.45, 2.75) is 37.5 Å². The zero-order valence-electron chi connectivity index (χ0n) is 13.3. The lowest BCUT2D eigenvalue weighted by Crippen LogP contribution is -2.36. The van der Waals surface area contributed by atoms with Crippen molar-refractivity contribution in [3.63, 3.8) is 0 Å². The second-order valence-electron chi connectivity index (χ2n) is 6.17. The maximum Gasteiger partial charge on any atom is 0.218 e. The number of benzene rings is 2. The van der Waals surface area contributed by atoms with Crippen LogP contribution in [0.1, 0.15) is 30.4 Å². The fourth-order valence-corrected chi connectivity index (χ4v) is 5.16. The molecular formula is C19H23NO2S. The zero-order chi connectivity index (χ0) is 16.1. The Morgan fingerprint density at radius 3 is 2.17 bits per heavy atom. The Morgan fingerprint density at radius 2 is 1.52 bits per heavy atom. The summed E-state index contributed by atoms with van der Waals surface area (Å²) in [5.41, 5.74) is 2.14. The van der Waals surface area contributed by atoms with Crippen LogP contribution in [0, 0.1) is 0 Å². The van der Waals surface area contributed by atoms with Crippen LogP contribution in [-0.2, 0) is 22.2 Å². The molecule has 2 aromatic carbocycles. The van der Waals surface area contributed by atoms with Crippen LogP contribution < -0.4 is 0 Å². The largest absolute Gasteiger partial charge is 0.218 e. The topological polar surface area (TPSA) is 37.4 Å². The molecule has 0 unspecified atom stereocenters. The highest BCUT2D eigenvalue weighted by atomic mass is 32.2. The number of sulfonamides is 1. The average molecular weight is 329 g/mol. The molecule has 3 nitrogen and oxygen atoms in total. The third-order valence-electron chi connectivity index (χ3n) is 4.48. The Labute approximate surface area is 139 Å². The van der Waals surface area contributed by atoms with Gasteiger partial charge in [-0.05, 0) is 36.8 Å². The number of nitrogens with zero attached hydrogens (tertiary/aromatic N) is 1. The molecule has 0 radical (unpaired) electrons. The maximum absolute atomic E-state index is 12.7. The average Bonchev–Trinajstić information content (AvgIpc) is 3.04. The molecule has 0 spiro atoms. The summed E-state index contributed by atoms with van der Waals surface area (Å²) in [6.07, 6.45) is 3.77. The van der Waals surface area contributed by atoms with Crippen molar-refractivity contribution in [3.8, 4) is 0 Å². The van der Waals surface area contributed by atoms with Gasteiger partial charge >= 0.3 is 0 Å². The van der Waals surface area contributed by atoms with Crippen LogP contribution in [0.5, 0.6) is 0 Å². The van der Waals surface area contributed by atoms with Gasteiger partial charge in [0.15, 0.2) is 0 Å². The molecule has 1 atom stereocenters. The van der Waals surface area contributed by atoms with E-state index < -0.39 is 10.0 Å². The predicted octanol–water partition coefficient (Wildman–Crippen LogP) is 3.61. The predicted molar refractivity (Wildman–Crippen MR) is 93.6 cm³/mol. The van der Waals surface area contributed by atoms with Crippen molar-refractivity contribution >= 4 is 10.0 Å². The standard InChI is InChI=1S/C19H23NO2S/c21-23(22,16-18-10-5-2-6-11-18)20-15-7-12-19(20)14-13-17-8-3-1-4-9-17/h1-6,8-11,19H,7,12-16H2/t19-/m0/s1. The first-order valence-corrected chi connectivity index (χ1v) is 9.83. The highest BCUT2D eigenvalue weighted by Gasteiger charge is 2.33. The molecule has 1 aliphatic rings. The minimum Gasteiger partial charge on any atom is -0.212 e. The lowest BCUT2D eigenvalue weighted by molar-refractivity contribution is 0.370.